The lowest BCUT2D eigenvalue weighted by atomic mass is 9.98. The van der Waals surface area contributed by atoms with Crippen molar-refractivity contribution < 1.29 is 4.79 Å². The second-order valence-corrected chi connectivity index (χ2v) is 5.73. The number of nitrogen functional groups attached to an aromatic ring is 1. The number of benzene rings is 1. The Labute approximate surface area is 129 Å². The smallest absolute Gasteiger partial charge is 0.270 e. The predicted molar refractivity (Wildman–Crippen MR) is 84.4 cm³/mol. The van der Waals surface area contributed by atoms with E-state index in [4.69, 9.17) is 17.3 Å². The minimum absolute atomic E-state index is 0.0248. The third-order valence-corrected chi connectivity index (χ3v) is 4.22. The molecule has 2 aromatic rings. The normalized spacial score (nSPS) is 14.1. The number of halogens is 1. The molecule has 1 amide bonds. The summed E-state index contributed by atoms with van der Waals surface area (Å²) in [5.41, 5.74) is 9.77. The van der Waals surface area contributed by atoms with Crippen LogP contribution in [0.15, 0.2) is 30.5 Å². The van der Waals surface area contributed by atoms with Crippen LogP contribution in [-0.4, -0.2) is 21.9 Å². The van der Waals surface area contributed by atoms with Crippen molar-refractivity contribution in [3.8, 4) is 0 Å². The van der Waals surface area contributed by atoms with Gasteiger partial charge in [0, 0.05) is 31.5 Å². The van der Waals surface area contributed by atoms with E-state index in [1.807, 2.05) is 34.6 Å². The van der Waals surface area contributed by atoms with Crippen LogP contribution in [-0.2, 0) is 19.5 Å². The summed E-state index contributed by atoms with van der Waals surface area (Å²) in [6, 6.07) is 7.63. The second kappa shape index (κ2) is 5.45. The lowest BCUT2D eigenvalue weighted by Gasteiger charge is -2.29. The molecular formula is C16H18ClN3O. The van der Waals surface area contributed by atoms with Crippen LogP contribution in [0.2, 0.25) is 5.02 Å². The van der Waals surface area contributed by atoms with Gasteiger partial charge in [0.15, 0.2) is 0 Å². The lowest BCUT2D eigenvalue weighted by Crippen LogP contribution is -2.37. The van der Waals surface area contributed by atoms with Crippen molar-refractivity contribution >= 4 is 23.2 Å². The summed E-state index contributed by atoms with van der Waals surface area (Å²) in [5, 5.41) is 0.599. The minimum atomic E-state index is 0.0248. The highest BCUT2D eigenvalue weighted by Gasteiger charge is 2.24. The number of nitrogens with zero attached hydrogens (tertiary/aromatic N) is 2. The molecule has 0 saturated heterocycles. The molecule has 0 unspecified atom stereocenters. The van der Waals surface area contributed by atoms with Crippen LogP contribution in [0.25, 0.3) is 0 Å². The molecule has 110 valence electrons. The fraction of sp³-hybridized carbons (Fsp3) is 0.312. The molecule has 1 aromatic heterocycles. The van der Waals surface area contributed by atoms with Gasteiger partial charge in [-0.3, -0.25) is 4.79 Å². The molecule has 1 aromatic carbocycles. The summed E-state index contributed by atoms with van der Waals surface area (Å²) in [5.74, 6) is 0.0248. The summed E-state index contributed by atoms with van der Waals surface area (Å²) in [4.78, 5) is 14.6. The van der Waals surface area contributed by atoms with Crippen LogP contribution in [0.4, 0.5) is 5.69 Å². The third kappa shape index (κ3) is 2.51. The maximum atomic E-state index is 12.7. The third-order valence-electron chi connectivity index (χ3n) is 4.01. The van der Waals surface area contributed by atoms with Gasteiger partial charge in [0.2, 0.25) is 0 Å². The fourth-order valence-corrected chi connectivity index (χ4v) is 3.11. The van der Waals surface area contributed by atoms with Crippen LogP contribution in [0.1, 0.15) is 28.5 Å². The van der Waals surface area contributed by atoms with E-state index in [0.29, 0.717) is 23.8 Å². The first-order valence-electron chi connectivity index (χ1n) is 7.11. The van der Waals surface area contributed by atoms with Gasteiger partial charge in [-0.25, -0.2) is 0 Å². The predicted octanol–water partition coefficient (Wildman–Crippen LogP) is 2.94. The molecule has 1 aliphatic heterocycles. The highest BCUT2D eigenvalue weighted by Crippen LogP contribution is 2.25. The van der Waals surface area contributed by atoms with Crippen molar-refractivity contribution in [3.63, 3.8) is 0 Å². The Hall–Kier alpha value is -1.94. The van der Waals surface area contributed by atoms with E-state index in [1.54, 1.807) is 12.3 Å². The number of aromatic nitrogens is 1. The number of hydrogen-bond donors (Lipinski definition) is 1. The van der Waals surface area contributed by atoms with Crippen molar-refractivity contribution in [2.45, 2.75) is 26.4 Å². The SMILES string of the molecule is CCn1cc(Cl)cc1C(=O)N1CCc2c(N)cccc2C1. The fourth-order valence-electron chi connectivity index (χ4n) is 2.89. The second-order valence-electron chi connectivity index (χ2n) is 5.29. The van der Waals surface area contributed by atoms with E-state index in [-0.39, 0.29) is 5.91 Å². The Morgan fingerprint density at radius 3 is 3.00 bits per heavy atom. The number of amides is 1. The highest BCUT2D eigenvalue weighted by molar-refractivity contribution is 6.31. The number of hydrogen-bond acceptors (Lipinski definition) is 2. The number of aryl methyl sites for hydroxylation is 1. The minimum Gasteiger partial charge on any atom is -0.398 e. The summed E-state index contributed by atoms with van der Waals surface area (Å²) in [6.45, 7) is 4.02. The van der Waals surface area contributed by atoms with Gasteiger partial charge in [0.25, 0.3) is 5.91 Å². The molecule has 0 saturated carbocycles. The molecule has 0 spiro atoms. The summed E-state index contributed by atoms with van der Waals surface area (Å²) in [6.07, 6.45) is 2.60. The monoisotopic (exact) mass is 303 g/mol. The van der Waals surface area contributed by atoms with E-state index in [9.17, 15) is 4.79 Å². The molecule has 0 aliphatic carbocycles. The van der Waals surface area contributed by atoms with Gasteiger partial charge < -0.3 is 15.2 Å². The van der Waals surface area contributed by atoms with Gasteiger partial charge in [-0.1, -0.05) is 23.7 Å². The van der Waals surface area contributed by atoms with Crippen LogP contribution in [0.5, 0.6) is 0 Å². The first-order valence-corrected chi connectivity index (χ1v) is 7.49. The highest BCUT2D eigenvalue weighted by atomic mass is 35.5. The molecule has 0 fully saturated rings. The Morgan fingerprint density at radius 2 is 2.24 bits per heavy atom. The van der Waals surface area contributed by atoms with Gasteiger partial charge in [-0.15, -0.1) is 0 Å². The quantitative estimate of drug-likeness (QED) is 0.867. The largest absolute Gasteiger partial charge is 0.398 e. The van der Waals surface area contributed by atoms with Crippen LogP contribution >= 0.6 is 11.6 Å². The number of rotatable bonds is 2. The average Bonchev–Trinajstić information content (AvgIpc) is 2.87. The summed E-state index contributed by atoms with van der Waals surface area (Å²) < 4.78 is 1.89. The molecule has 4 nitrogen and oxygen atoms in total. The van der Waals surface area contributed by atoms with E-state index >= 15 is 0 Å². The van der Waals surface area contributed by atoms with Crippen molar-refractivity contribution in [3.05, 3.63) is 52.3 Å². The zero-order valence-corrected chi connectivity index (χ0v) is 12.7. The van der Waals surface area contributed by atoms with Crippen LogP contribution in [0, 0.1) is 0 Å². The first kappa shape index (κ1) is 14.0. The number of carbonyl (C=O) groups excluding carboxylic acids is 1. The molecule has 0 radical (unpaired) electrons. The Kier molecular flexibility index (Phi) is 3.64. The zero-order valence-electron chi connectivity index (χ0n) is 12.0. The maximum absolute atomic E-state index is 12.7. The standard InChI is InChI=1S/C16H18ClN3O/c1-2-19-10-12(17)8-15(19)16(21)20-7-6-13-11(9-20)4-3-5-14(13)18/h3-5,8,10H,2,6-7,9,18H2,1H3. The van der Waals surface area contributed by atoms with E-state index in [0.717, 1.165) is 24.2 Å². The number of nitrogens with two attached hydrogens (primary N) is 1. The van der Waals surface area contributed by atoms with Crippen molar-refractivity contribution in [2.75, 3.05) is 12.3 Å². The first-order chi connectivity index (χ1) is 10.1. The Balaban J connectivity index is 1.87. The van der Waals surface area contributed by atoms with Gasteiger partial charge in [0.05, 0.1) is 5.02 Å². The van der Waals surface area contributed by atoms with E-state index in [2.05, 4.69) is 0 Å². The molecule has 1 aliphatic rings. The van der Waals surface area contributed by atoms with Gasteiger partial charge >= 0.3 is 0 Å². The van der Waals surface area contributed by atoms with E-state index in [1.165, 1.54) is 5.56 Å². The van der Waals surface area contributed by atoms with Crippen LogP contribution in [0.3, 0.4) is 0 Å². The van der Waals surface area contributed by atoms with Gasteiger partial charge in [-0.2, -0.15) is 0 Å². The maximum Gasteiger partial charge on any atom is 0.270 e. The number of carbonyl (C=O) groups is 1. The van der Waals surface area contributed by atoms with Gasteiger partial charge in [-0.05, 0) is 36.6 Å². The molecule has 5 heteroatoms. The van der Waals surface area contributed by atoms with Gasteiger partial charge in [0.1, 0.15) is 5.69 Å². The number of fused-ring (bicyclic) bond motifs is 1. The summed E-state index contributed by atoms with van der Waals surface area (Å²) >= 11 is 6.02. The number of anilines is 1. The molecule has 21 heavy (non-hydrogen) atoms. The average molecular weight is 304 g/mol. The Bertz CT molecular complexity index is 693. The molecule has 0 atom stereocenters. The molecule has 2 N–H and O–H groups in total. The Morgan fingerprint density at radius 1 is 1.43 bits per heavy atom. The molecule has 0 bridgehead atoms. The lowest BCUT2D eigenvalue weighted by molar-refractivity contribution is 0.0724. The summed E-state index contributed by atoms with van der Waals surface area (Å²) in [7, 11) is 0. The molecule has 2 heterocycles. The van der Waals surface area contributed by atoms with E-state index < -0.39 is 0 Å². The molecule has 3 rings (SSSR count). The van der Waals surface area contributed by atoms with Crippen molar-refractivity contribution in [1.82, 2.24) is 9.47 Å². The topological polar surface area (TPSA) is 51.3 Å². The molecular weight excluding hydrogens is 286 g/mol. The van der Waals surface area contributed by atoms with Crippen molar-refractivity contribution in [1.29, 1.82) is 0 Å². The zero-order chi connectivity index (χ0) is 15.0. The van der Waals surface area contributed by atoms with Crippen LogP contribution < -0.4 is 5.73 Å². The van der Waals surface area contributed by atoms with Crippen molar-refractivity contribution in [2.24, 2.45) is 0 Å².